The van der Waals surface area contributed by atoms with E-state index in [1.165, 1.54) is 6.42 Å². The van der Waals surface area contributed by atoms with Crippen LogP contribution in [0.15, 0.2) is 6.20 Å². The monoisotopic (exact) mass is 251 g/mol. The molecule has 5 nitrogen and oxygen atoms in total. The normalized spacial score (nSPS) is 20.2. The summed E-state index contributed by atoms with van der Waals surface area (Å²) >= 11 is 0. The lowest BCUT2D eigenvalue weighted by Gasteiger charge is -2.32. The van der Waals surface area contributed by atoms with Gasteiger partial charge in [-0.15, -0.1) is 0 Å². The Labute approximate surface area is 108 Å². The largest absolute Gasteiger partial charge is 0.392 e. The number of aromatic nitrogens is 2. The lowest BCUT2D eigenvalue weighted by atomic mass is 9.99. The first-order valence-electron chi connectivity index (χ1n) is 6.42. The maximum absolute atomic E-state index is 9.12. The zero-order valence-corrected chi connectivity index (χ0v) is 11.1. The van der Waals surface area contributed by atoms with Gasteiger partial charge in [0.05, 0.1) is 13.2 Å². The Morgan fingerprint density at radius 3 is 3.06 bits per heavy atom. The molecule has 1 aliphatic rings. The molecule has 0 saturated carbocycles. The molecule has 1 saturated heterocycles. The Hall–Kier alpha value is -1.20. The minimum absolute atomic E-state index is 0.00157. The van der Waals surface area contributed by atoms with Crippen molar-refractivity contribution in [2.45, 2.75) is 26.4 Å². The van der Waals surface area contributed by atoms with Crippen LogP contribution in [0.2, 0.25) is 0 Å². The van der Waals surface area contributed by atoms with Crippen LogP contribution in [0.1, 0.15) is 24.1 Å². The first-order valence-corrected chi connectivity index (χ1v) is 6.42. The van der Waals surface area contributed by atoms with Crippen LogP contribution in [-0.2, 0) is 11.3 Å². The van der Waals surface area contributed by atoms with Crippen LogP contribution in [0.5, 0.6) is 0 Å². The molecule has 0 spiro atoms. The summed E-state index contributed by atoms with van der Waals surface area (Å²) in [6.45, 7) is 4.65. The second-order valence-corrected chi connectivity index (χ2v) is 4.85. The lowest BCUT2D eigenvalue weighted by molar-refractivity contribution is 0.143. The highest BCUT2D eigenvalue weighted by molar-refractivity contribution is 5.33. The summed E-state index contributed by atoms with van der Waals surface area (Å²) < 4.78 is 5.23. The van der Waals surface area contributed by atoms with E-state index in [4.69, 9.17) is 9.84 Å². The summed E-state index contributed by atoms with van der Waals surface area (Å²) in [4.78, 5) is 11.0. The second kappa shape index (κ2) is 6.11. The molecule has 2 heterocycles. The number of hydrogen-bond acceptors (Lipinski definition) is 5. The van der Waals surface area contributed by atoms with Crippen molar-refractivity contribution < 1.29 is 9.84 Å². The van der Waals surface area contributed by atoms with E-state index in [2.05, 4.69) is 14.9 Å². The van der Waals surface area contributed by atoms with Crippen LogP contribution in [0.4, 0.5) is 5.95 Å². The van der Waals surface area contributed by atoms with E-state index in [0.717, 1.165) is 43.3 Å². The van der Waals surface area contributed by atoms with Crippen molar-refractivity contribution in [1.29, 1.82) is 0 Å². The Morgan fingerprint density at radius 1 is 1.56 bits per heavy atom. The number of nitrogens with zero attached hydrogens (tertiary/aromatic N) is 3. The summed E-state index contributed by atoms with van der Waals surface area (Å²) in [5.74, 6) is 1.33. The minimum atomic E-state index is -0.00157. The first-order chi connectivity index (χ1) is 8.74. The van der Waals surface area contributed by atoms with Gasteiger partial charge in [-0.1, -0.05) is 0 Å². The van der Waals surface area contributed by atoms with Gasteiger partial charge in [-0.3, -0.25) is 0 Å². The fraction of sp³-hybridized carbons (Fsp3) is 0.692. The summed E-state index contributed by atoms with van der Waals surface area (Å²) in [6, 6.07) is 0. The Bertz CT molecular complexity index is 396. The van der Waals surface area contributed by atoms with Gasteiger partial charge in [-0.25, -0.2) is 9.97 Å². The number of ether oxygens (including phenoxy) is 1. The number of anilines is 1. The fourth-order valence-electron chi connectivity index (χ4n) is 2.41. The van der Waals surface area contributed by atoms with E-state index in [9.17, 15) is 0 Å². The van der Waals surface area contributed by atoms with Gasteiger partial charge in [0.25, 0.3) is 0 Å². The van der Waals surface area contributed by atoms with Gasteiger partial charge in [-0.05, 0) is 25.7 Å². The van der Waals surface area contributed by atoms with Crippen LogP contribution in [0, 0.1) is 12.8 Å². The maximum Gasteiger partial charge on any atom is 0.225 e. The number of methoxy groups -OCH3 is 1. The molecule has 1 aromatic rings. The first kappa shape index (κ1) is 13.2. The molecule has 1 aromatic heterocycles. The number of aliphatic hydroxyl groups is 1. The van der Waals surface area contributed by atoms with E-state index in [0.29, 0.717) is 5.92 Å². The predicted octanol–water partition coefficient (Wildman–Crippen LogP) is 1.14. The molecule has 2 rings (SSSR count). The van der Waals surface area contributed by atoms with Crippen LogP contribution >= 0.6 is 0 Å². The van der Waals surface area contributed by atoms with Crippen LogP contribution in [0.3, 0.4) is 0 Å². The highest BCUT2D eigenvalue weighted by Crippen LogP contribution is 2.21. The third-order valence-corrected chi connectivity index (χ3v) is 3.44. The highest BCUT2D eigenvalue weighted by Gasteiger charge is 2.21. The zero-order valence-electron chi connectivity index (χ0n) is 11.1. The molecule has 0 radical (unpaired) electrons. The standard InChI is InChI=1S/C13H21N3O2/c1-10-12(8-17)6-14-13(15-10)16-5-3-4-11(7-16)9-18-2/h6,11,17H,3-5,7-9H2,1-2H3. The SMILES string of the molecule is COCC1CCCN(c2ncc(CO)c(C)n2)C1. The van der Waals surface area contributed by atoms with Gasteiger partial charge < -0.3 is 14.7 Å². The van der Waals surface area contributed by atoms with E-state index in [1.807, 2.05) is 6.92 Å². The average molecular weight is 251 g/mol. The van der Waals surface area contributed by atoms with Gasteiger partial charge in [0, 0.05) is 37.7 Å². The molecule has 0 amide bonds. The van der Waals surface area contributed by atoms with Gasteiger partial charge in [0.15, 0.2) is 0 Å². The molecule has 1 N–H and O–H groups in total. The number of aliphatic hydroxyl groups excluding tert-OH is 1. The van der Waals surface area contributed by atoms with Gasteiger partial charge >= 0.3 is 0 Å². The molecule has 0 aromatic carbocycles. The molecule has 1 fully saturated rings. The summed E-state index contributed by atoms with van der Waals surface area (Å²) in [7, 11) is 1.75. The molecule has 1 aliphatic heterocycles. The molecule has 18 heavy (non-hydrogen) atoms. The number of rotatable bonds is 4. The Balaban J connectivity index is 2.08. The number of hydrogen-bond donors (Lipinski definition) is 1. The van der Waals surface area contributed by atoms with Gasteiger partial charge in [-0.2, -0.15) is 0 Å². The maximum atomic E-state index is 9.12. The highest BCUT2D eigenvalue weighted by atomic mass is 16.5. The van der Waals surface area contributed by atoms with Crippen molar-refractivity contribution in [3.8, 4) is 0 Å². The minimum Gasteiger partial charge on any atom is -0.392 e. The smallest absolute Gasteiger partial charge is 0.225 e. The zero-order chi connectivity index (χ0) is 13.0. The molecule has 100 valence electrons. The molecule has 1 unspecified atom stereocenters. The van der Waals surface area contributed by atoms with Gasteiger partial charge in [0.2, 0.25) is 5.95 Å². The molecule has 0 aliphatic carbocycles. The van der Waals surface area contributed by atoms with E-state index >= 15 is 0 Å². The summed E-state index contributed by atoms with van der Waals surface area (Å²) in [5.41, 5.74) is 1.65. The third-order valence-electron chi connectivity index (χ3n) is 3.44. The van der Waals surface area contributed by atoms with Crippen molar-refractivity contribution in [3.63, 3.8) is 0 Å². The molecular weight excluding hydrogens is 230 g/mol. The molecule has 0 bridgehead atoms. The molecule has 1 atom stereocenters. The third kappa shape index (κ3) is 2.97. The average Bonchev–Trinajstić information content (AvgIpc) is 2.39. The topological polar surface area (TPSA) is 58.5 Å². The van der Waals surface area contributed by atoms with E-state index in [-0.39, 0.29) is 6.61 Å². The summed E-state index contributed by atoms with van der Waals surface area (Å²) in [6.07, 6.45) is 4.08. The Kier molecular flexibility index (Phi) is 4.49. The van der Waals surface area contributed by atoms with Crippen molar-refractivity contribution in [2.24, 2.45) is 5.92 Å². The van der Waals surface area contributed by atoms with Crippen molar-refractivity contribution >= 4 is 5.95 Å². The van der Waals surface area contributed by atoms with Crippen LogP contribution in [0.25, 0.3) is 0 Å². The van der Waals surface area contributed by atoms with E-state index in [1.54, 1.807) is 13.3 Å². The number of piperidine rings is 1. The number of aryl methyl sites for hydroxylation is 1. The lowest BCUT2D eigenvalue weighted by Crippen LogP contribution is -2.38. The van der Waals surface area contributed by atoms with Crippen molar-refractivity contribution in [2.75, 3.05) is 31.7 Å². The Morgan fingerprint density at radius 2 is 2.39 bits per heavy atom. The van der Waals surface area contributed by atoms with E-state index < -0.39 is 0 Å². The van der Waals surface area contributed by atoms with Crippen LogP contribution in [-0.4, -0.2) is 41.9 Å². The molecular formula is C13H21N3O2. The predicted molar refractivity (Wildman–Crippen MR) is 69.5 cm³/mol. The summed E-state index contributed by atoms with van der Waals surface area (Å²) in [5, 5.41) is 9.12. The van der Waals surface area contributed by atoms with Gasteiger partial charge in [0.1, 0.15) is 0 Å². The van der Waals surface area contributed by atoms with Crippen molar-refractivity contribution in [1.82, 2.24) is 9.97 Å². The fourth-order valence-corrected chi connectivity index (χ4v) is 2.41. The second-order valence-electron chi connectivity index (χ2n) is 4.85. The molecule has 5 heteroatoms. The quantitative estimate of drug-likeness (QED) is 0.869. The van der Waals surface area contributed by atoms with Crippen LogP contribution < -0.4 is 4.90 Å². The van der Waals surface area contributed by atoms with Crippen molar-refractivity contribution in [3.05, 3.63) is 17.5 Å².